The Hall–Kier alpha value is -1.64. The number of ether oxygens (including phenoxy) is 2. The van der Waals surface area contributed by atoms with E-state index in [1.54, 1.807) is 0 Å². The topological polar surface area (TPSA) is 18.5 Å². The van der Waals surface area contributed by atoms with Crippen molar-refractivity contribution >= 4 is 0 Å². The predicted molar refractivity (Wildman–Crippen MR) is 86.9 cm³/mol. The lowest BCUT2D eigenvalue weighted by molar-refractivity contribution is -0.332. The third-order valence-electron chi connectivity index (χ3n) is 5.25. The zero-order valence-electron chi connectivity index (χ0n) is 13.3. The van der Waals surface area contributed by atoms with Crippen LogP contribution in [0.3, 0.4) is 0 Å². The minimum Gasteiger partial charge on any atom is -0.345 e. The number of benzene rings is 2. The van der Waals surface area contributed by atoms with Crippen LogP contribution >= 0.6 is 0 Å². The van der Waals surface area contributed by atoms with Crippen molar-refractivity contribution in [3.8, 4) is 0 Å². The van der Waals surface area contributed by atoms with Gasteiger partial charge in [0.1, 0.15) is 0 Å². The molecule has 0 saturated carbocycles. The van der Waals surface area contributed by atoms with E-state index in [9.17, 15) is 0 Å². The average molecular weight is 294 g/mol. The van der Waals surface area contributed by atoms with Crippen LogP contribution in [0.5, 0.6) is 0 Å². The van der Waals surface area contributed by atoms with Gasteiger partial charge in [-0.3, -0.25) is 0 Å². The van der Waals surface area contributed by atoms with Crippen LogP contribution in [-0.2, 0) is 20.7 Å². The molecule has 0 N–H and O–H groups in total. The molecule has 2 aromatic carbocycles. The number of hydrogen-bond donors (Lipinski definition) is 0. The highest BCUT2D eigenvalue weighted by Gasteiger charge is 2.52. The lowest BCUT2D eigenvalue weighted by Crippen LogP contribution is -2.56. The fraction of sp³-hybridized carbons (Fsp3) is 0.400. The van der Waals surface area contributed by atoms with Crippen LogP contribution in [0.1, 0.15) is 35.1 Å². The Bertz CT molecular complexity index is 584. The molecule has 5 rings (SSSR count). The predicted octanol–water partition coefficient (Wildman–Crippen LogP) is 4.23. The first-order valence-electron chi connectivity index (χ1n) is 8.04. The van der Waals surface area contributed by atoms with E-state index >= 15 is 0 Å². The lowest BCUT2D eigenvalue weighted by Gasteiger charge is -2.53. The quantitative estimate of drug-likeness (QED) is 0.825. The van der Waals surface area contributed by atoms with Crippen LogP contribution in [0, 0.1) is 13.8 Å². The van der Waals surface area contributed by atoms with E-state index in [-0.39, 0.29) is 5.41 Å². The number of aryl methyl sites for hydroxylation is 2. The second-order valence-electron chi connectivity index (χ2n) is 6.84. The highest BCUT2D eigenvalue weighted by Crippen LogP contribution is 2.50. The molecule has 2 nitrogen and oxygen atoms in total. The molecule has 3 saturated heterocycles. The first kappa shape index (κ1) is 14.0. The Kier molecular flexibility index (Phi) is 3.14. The first-order valence-corrected chi connectivity index (χ1v) is 8.04. The van der Waals surface area contributed by atoms with Crippen LogP contribution < -0.4 is 0 Å². The minimum atomic E-state index is -0.528. The molecule has 0 atom stereocenters. The van der Waals surface area contributed by atoms with Gasteiger partial charge in [-0.2, -0.15) is 0 Å². The summed E-state index contributed by atoms with van der Waals surface area (Å²) in [7, 11) is 0. The van der Waals surface area contributed by atoms with Gasteiger partial charge >= 0.3 is 0 Å². The summed E-state index contributed by atoms with van der Waals surface area (Å²) in [5.41, 5.74) is 5.08. The van der Waals surface area contributed by atoms with Crippen LogP contribution in [0.4, 0.5) is 0 Å². The van der Waals surface area contributed by atoms with E-state index in [2.05, 4.69) is 62.4 Å². The Labute approximate surface area is 132 Å². The summed E-state index contributed by atoms with van der Waals surface area (Å²) < 4.78 is 12.5. The fourth-order valence-electron chi connectivity index (χ4n) is 3.62. The summed E-state index contributed by atoms with van der Waals surface area (Å²) >= 11 is 0. The standard InChI is InChI=1S/C20H22O2/c1-15-3-7-17(8-4-15)19-11-12-20(21-13-19,22-14-19)18-9-5-16(2)6-10-18/h3-10H,11-14H2,1-2H3. The molecule has 0 aliphatic carbocycles. The van der Waals surface area contributed by atoms with Gasteiger partial charge in [-0.1, -0.05) is 59.7 Å². The molecule has 0 spiro atoms. The highest BCUT2D eigenvalue weighted by molar-refractivity contribution is 5.33. The molecular formula is C20H22O2. The minimum absolute atomic E-state index is 0.0279. The van der Waals surface area contributed by atoms with Crippen LogP contribution in [0.2, 0.25) is 0 Å². The molecule has 0 unspecified atom stereocenters. The molecule has 0 aromatic heterocycles. The Morgan fingerprint density at radius 2 is 1.18 bits per heavy atom. The molecule has 22 heavy (non-hydrogen) atoms. The largest absolute Gasteiger partial charge is 0.345 e. The molecule has 2 bridgehead atoms. The van der Waals surface area contributed by atoms with Crippen LogP contribution in [0.15, 0.2) is 48.5 Å². The monoisotopic (exact) mass is 294 g/mol. The van der Waals surface area contributed by atoms with Gasteiger partial charge in [0.2, 0.25) is 0 Å². The zero-order chi connectivity index (χ0) is 15.2. The molecule has 2 heteroatoms. The van der Waals surface area contributed by atoms with Crippen molar-refractivity contribution in [2.45, 2.75) is 37.9 Å². The lowest BCUT2D eigenvalue weighted by atomic mass is 9.72. The normalized spacial score (nSPS) is 30.5. The molecule has 3 aliphatic heterocycles. The summed E-state index contributed by atoms with van der Waals surface area (Å²) in [6.45, 7) is 5.71. The molecule has 3 fully saturated rings. The SMILES string of the molecule is Cc1ccc(C23CCC(c4ccc(C)cc4)(OC2)OC3)cc1. The van der Waals surface area contributed by atoms with E-state index in [0.29, 0.717) is 0 Å². The summed E-state index contributed by atoms with van der Waals surface area (Å²) in [4.78, 5) is 0. The second kappa shape index (κ2) is 4.94. The van der Waals surface area contributed by atoms with Crippen molar-refractivity contribution in [3.05, 3.63) is 70.8 Å². The zero-order valence-corrected chi connectivity index (χ0v) is 13.3. The van der Waals surface area contributed by atoms with Crippen molar-refractivity contribution in [3.63, 3.8) is 0 Å². The molecule has 114 valence electrons. The maximum absolute atomic E-state index is 6.26. The third kappa shape index (κ3) is 2.10. The maximum Gasteiger partial charge on any atom is 0.194 e. The Morgan fingerprint density at radius 3 is 1.64 bits per heavy atom. The van der Waals surface area contributed by atoms with E-state index in [1.165, 1.54) is 16.7 Å². The van der Waals surface area contributed by atoms with Gasteiger partial charge in [0.15, 0.2) is 5.79 Å². The number of hydrogen-bond acceptors (Lipinski definition) is 2. The molecule has 2 aromatic rings. The first-order chi connectivity index (χ1) is 10.6. The molecule has 0 amide bonds. The average Bonchev–Trinajstić information content (AvgIpc) is 2.57. The summed E-state index contributed by atoms with van der Waals surface area (Å²) in [5.74, 6) is -0.528. The van der Waals surface area contributed by atoms with Gasteiger partial charge in [0.25, 0.3) is 0 Å². The van der Waals surface area contributed by atoms with Gasteiger partial charge in [-0.25, -0.2) is 0 Å². The summed E-state index contributed by atoms with van der Waals surface area (Å²) in [5, 5.41) is 0. The number of fused-ring (bicyclic) bond motifs is 3. The van der Waals surface area contributed by atoms with E-state index in [4.69, 9.17) is 9.47 Å². The van der Waals surface area contributed by atoms with Crippen molar-refractivity contribution in [1.29, 1.82) is 0 Å². The van der Waals surface area contributed by atoms with Crippen molar-refractivity contribution < 1.29 is 9.47 Å². The maximum atomic E-state index is 6.26. The van der Waals surface area contributed by atoms with Gasteiger partial charge in [-0.15, -0.1) is 0 Å². The fourth-order valence-corrected chi connectivity index (χ4v) is 3.62. The van der Waals surface area contributed by atoms with Gasteiger partial charge in [0.05, 0.1) is 13.2 Å². The smallest absolute Gasteiger partial charge is 0.194 e. The Balaban J connectivity index is 1.61. The Morgan fingerprint density at radius 1 is 0.682 bits per heavy atom. The van der Waals surface area contributed by atoms with Crippen LogP contribution in [-0.4, -0.2) is 13.2 Å². The van der Waals surface area contributed by atoms with Crippen molar-refractivity contribution in [1.82, 2.24) is 0 Å². The van der Waals surface area contributed by atoms with Crippen LogP contribution in [0.25, 0.3) is 0 Å². The molecule has 3 aliphatic rings. The summed E-state index contributed by atoms with van der Waals surface area (Å²) in [6, 6.07) is 17.4. The molecule has 0 radical (unpaired) electrons. The van der Waals surface area contributed by atoms with E-state index in [0.717, 1.165) is 31.6 Å². The molecule has 3 heterocycles. The van der Waals surface area contributed by atoms with Gasteiger partial charge in [-0.05, 0) is 25.8 Å². The summed E-state index contributed by atoms with van der Waals surface area (Å²) in [6.07, 6.45) is 2.04. The highest BCUT2D eigenvalue weighted by atomic mass is 16.7. The second-order valence-corrected chi connectivity index (χ2v) is 6.84. The number of rotatable bonds is 2. The van der Waals surface area contributed by atoms with E-state index in [1.807, 2.05) is 0 Å². The van der Waals surface area contributed by atoms with Crippen molar-refractivity contribution in [2.24, 2.45) is 0 Å². The van der Waals surface area contributed by atoms with E-state index < -0.39 is 5.79 Å². The van der Waals surface area contributed by atoms with Crippen molar-refractivity contribution in [2.75, 3.05) is 13.2 Å². The third-order valence-corrected chi connectivity index (χ3v) is 5.25. The van der Waals surface area contributed by atoms with Gasteiger partial charge in [0, 0.05) is 17.4 Å². The molecular weight excluding hydrogens is 272 g/mol. The van der Waals surface area contributed by atoms with Gasteiger partial charge < -0.3 is 9.47 Å².